The second-order valence-corrected chi connectivity index (χ2v) is 4.04. The first-order valence-corrected chi connectivity index (χ1v) is 5.08. The fourth-order valence-electron chi connectivity index (χ4n) is 1.70. The highest BCUT2D eigenvalue weighted by Crippen LogP contribution is 2.44. The fourth-order valence-corrected chi connectivity index (χ4v) is 1.70. The summed E-state index contributed by atoms with van der Waals surface area (Å²) in [6.07, 6.45) is 3.67. The Morgan fingerprint density at radius 1 is 1.64 bits per heavy atom. The third kappa shape index (κ3) is 1.73. The zero-order chi connectivity index (χ0) is 10.0. The molecule has 2 rings (SSSR count). The van der Waals surface area contributed by atoms with Crippen LogP contribution in [0.1, 0.15) is 25.7 Å². The van der Waals surface area contributed by atoms with Crippen LogP contribution in [0, 0.1) is 16.7 Å². The Labute approximate surface area is 83.2 Å². The van der Waals surface area contributed by atoms with Gasteiger partial charge in [0, 0.05) is 13.2 Å². The number of nitrogens with one attached hydrogen (secondary N) is 1. The molecule has 0 aromatic carbocycles. The minimum Gasteiger partial charge on any atom is -0.376 e. The highest BCUT2D eigenvalue weighted by molar-refractivity contribution is 5.88. The van der Waals surface area contributed by atoms with Crippen LogP contribution in [0.25, 0.3) is 0 Å². The molecule has 0 aromatic rings. The van der Waals surface area contributed by atoms with E-state index < -0.39 is 5.41 Å². The second-order valence-electron chi connectivity index (χ2n) is 4.04. The monoisotopic (exact) mass is 194 g/mol. The minimum absolute atomic E-state index is 0.115. The van der Waals surface area contributed by atoms with Crippen LogP contribution in [0.4, 0.5) is 0 Å². The normalized spacial score (nSPS) is 28.1. The van der Waals surface area contributed by atoms with Crippen molar-refractivity contribution >= 4 is 5.91 Å². The number of rotatable bonds is 3. The van der Waals surface area contributed by atoms with Crippen LogP contribution in [-0.4, -0.2) is 25.2 Å². The lowest BCUT2D eigenvalue weighted by molar-refractivity contribution is -0.124. The summed E-state index contributed by atoms with van der Waals surface area (Å²) in [4.78, 5) is 11.5. The van der Waals surface area contributed by atoms with E-state index in [1.165, 1.54) is 0 Å². The first-order chi connectivity index (χ1) is 6.77. The summed E-state index contributed by atoms with van der Waals surface area (Å²) in [7, 11) is 0. The third-order valence-electron chi connectivity index (χ3n) is 2.91. The zero-order valence-corrected chi connectivity index (χ0v) is 8.08. The van der Waals surface area contributed by atoms with Crippen LogP contribution in [0.5, 0.6) is 0 Å². The van der Waals surface area contributed by atoms with E-state index in [1.807, 2.05) is 0 Å². The summed E-state index contributed by atoms with van der Waals surface area (Å²) < 4.78 is 5.37. The Hall–Kier alpha value is -1.08. The van der Waals surface area contributed by atoms with Gasteiger partial charge in [-0.15, -0.1) is 0 Å². The quantitative estimate of drug-likeness (QED) is 0.715. The molecule has 1 aliphatic carbocycles. The number of amides is 1. The van der Waals surface area contributed by atoms with E-state index in [2.05, 4.69) is 11.4 Å². The molecule has 4 nitrogen and oxygen atoms in total. The summed E-state index contributed by atoms with van der Waals surface area (Å²) in [5, 5.41) is 11.6. The molecule has 1 atom stereocenters. The molecule has 4 heteroatoms. The molecule has 1 unspecified atom stereocenters. The number of nitriles is 1. The van der Waals surface area contributed by atoms with E-state index in [0.717, 1.165) is 19.4 Å². The van der Waals surface area contributed by atoms with Crippen molar-refractivity contribution in [2.24, 2.45) is 5.41 Å². The largest absolute Gasteiger partial charge is 0.376 e. The summed E-state index contributed by atoms with van der Waals surface area (Å²) in [5.41, 5.74) is -0.696. The molecule has 0 aromatic heterocycles. The van der Waals surface area contributed by atoms with E-state index in [1.54, 1.807) is 0 Å². The summed E-state index contributed by atoms with van der Waals surface area (Å²) in [6.45, 7) is 1.35. The van der Waals surface area contributed by atoms with Gasteiger partial charge in [0.1, 0.15) is 5.41 Å². The van der Waals surface area contributed by atoms with Crippen LogP contribution >= 0.6 is 0 Å². The summed E-state index contributed by atoms with van der Waals surface area (Å²) >= 11 is 0. The van der Waals surface area contributed by atoms with Crippen LogP contribution < -0.4 is 5.32 Å². The lowest BCUT2D eigenvalue weighted by Crippen LogP contribution is -2.36. The average molecular weight is 194 g/mol. The van der Waals surface area contributed by atoms with Crippen molar-refractivity contribution in [3.05, 3.63) is 0 Å². The maximum Gasteiger partial charge on any atom is 0.240 e. The van der Waals surface area contributed by atoms with Gasteiger partial charge >= 0.3 is 0 Å². The Kier molecular flexibility index (Phi) is 2.42. The predicted molar refractivity (Wildman–Crippen MR) is 49.3 cm³/mol. The van der Waals surface area contributed by atoms with Gasteiger partial charge in [-0.3, -0.25) is 4.79 Å². The maximum absolute atomic E-state index is 11.5. The van der Waals surface area contributed by atoms with Crippen LogP contribution in [-0.2, 0) is 9.53 Å². The van der Waals surface area contributed by atoms with Crippen molar-refractivity contribution in [2.75, 3.05) is 13.2 Å². The van der Waals surface area contributed by atoms with Gasteiger partial charge in [-0.25, -0.2) is 0 Å². The van der Waals surface area contributed by atoms with Gasteiger partial charge in [-0.2, -0.15) is 5.26 Å². The van der Waals surface area contributed by atoms with Gasteiger partial charge in [0.15, 0.2) is 0 Å². The molecule has 1 heterocycles. The second kappa shape index (κ2) is 3.58. The highest BCUT2D eigenvalue weighted by Gasteiger charge is 2.50. The van der Waals surface area contributed by atoms with Crippen molar-refractivity contribution in [1.82, 2.24) is 5.32 Å². The predicted octanol–water partition coefficient (Wildman–Crippen LogP) is 0.585. The molecule has 1 aliphatic heterocycles. The number of carbonyl (C=O) groups is 1. The van der Waals surface area contributed by atoms with Gasteiger partial charge in [0.05, 0.1) is 12.2 Å². The van der Waals surface area contributed by atoms with Crippen molar-refractivity contribution < 1.29 is 9.53 Å². The topological polar surface area (TPSA) is 62.1 Å². The average Bonchev–Trinajstić information content (AvgIpc) is 2.84. The van der Waals surface area contributed by atoms with Crippen molar-refractivity contribution in [2.45, 2.75) is 31.8 Å². The van der Waals surface area contributed by atoms with E-state index in [-0.39, 0.29) is 12.0 Å². The maximum atomic E-state index is 11.5. The highest BCUT2D eigenvalue weighted by atomic mass is 16.5. The number of hydrogen-bond donors (Lipinski definition) is 1. The first-order valence-electron chi connectivity index (χ1n) is 5.08. The standard InChI is InChI=1S/C10H14N2O2/c11-7-10(3-4-10)9(13)12-6-8-2-1-5-14-8/h8H,1-6H2,(H,12,13). The molecule has 1 saturated heterocycles. The molecule has 1 amide bonds. The molecule has 2 fully saturated rings. The number of ether oxygens (including phenoxy) is 1. The van der Waals surface area contributed by atoms with Gasteiger partial charge in [0.2, 0.25) is 5.91 Å². The van der Waals surface area contributed by atoms with Crippen LogP contribution in [0.3, 0.4) is 0 Å². The van der Waals surface area contributed by atoms with E-state index in [0.29, 0.717) is 19.4 Å². The smallest absolute Gasteiger partial charge is 0.240 e. The van der Waals surface area contributed by atoms with Crippen molar-refractivity contribution in [3.63, 3.8) is 0 Å². The SMILES string of the molecule is N#CC1(C(=O)NCC2CCCO2)CC1. The molecular formula is C10H14N2O2. The molecular weight excluding hydrogens is 180 g/mol. The molecule has 76 valence electrons. The van der Waals surface area contributed by atoms with Crippen molar-refractivity contribution in [1.29, 1.82) is 5.26 Å². The molecule has 0 spiro atoms. The minimum atomic E-state index is -0.696. The third-order valence-corrected chi connectivity index (χ3v) is 2.91. The molecule has 14 heavy (non-hydrogen) atoms. The number of carbonyl (C=O) groups excluding carboxylic acids is 1. The Balaban J connectivity index is 1.75. The molecule has 0 radical (unpaired) electrons. The van der Waals surface area contributed by atoms with E-state index in [4.69, 9.17) is 10.00 Å². The van der Waals surface area contributed by atoms with Crippen LogP contribution in [0.2, 0.25) is 0 Å². The Bertz CT molecular complexity index is 272. The summed E-state index contributed by atoms with van der Waals surface area (Å²) in [5.74, 6) is -0.115. The van der Waals surface area contributed by atoms with Gasteiger partial charge in [-0.1, -0.05) is 0 Å². The van der Waals surface area contributed by atoms with Gasteiger partial charge < -0.3 is 10.1 Å². The number of nitrogens with zero attached hydrogens (tertiary/aromatic N) is 1. The molecule has 1 saturated carbocycles. The Morgan fingerprint density at radius 2 is 2.43 bits per heavy atom. The molecule has 0 bridgehead atoms. The fraction of sp³-hybridized carbons (Fsp3) is 0.800. The lowest BCUT2D eigenvalue weighted by atomic mass is 10.1. The van der Waals surface area contributed by atoms with Crippen molar-refractivity contribution in [3.8, 4) is 6.07 Å². The zero-order valence-electron chi connectivity index (χ0n) is 8.08. The van der Waals surface area contributed by atoms with Gasteiger partial charge in [0.25, 0.3) is 0 Å². The van der Waals surface area contributed by atoms with E-state index >= 15 is 0 Å². The summed E-state index contributed by atoms with van der Waals surface area (Å²) in [6, 6.07) is 2.07. The molecule has 2 aliphatic rings. The molecule has 1 N–H and O–H groups in total. The first kappa shape index (κ1) is 9.47. The van der Waals surface area contributed by atoms with Crippen LogP contribution in [0.15, 0.2) is 0 Å². The van der Waals surface area contributed by atoms with Gasteiger partial charge in [-0.05, 0) is 25.7 Å². The van der Waals surface area contributed by atoms with E-state index in [9.17, 15) is 4.79 Å². The number of hydrogen-bond acceptors (Lipinski definition) is 3. The lowest BCUT2D eigenvalue weighted by Gasteiger charge is -2.12. The Morgan fingerprint density at radius 3 is 2.93 bits per heavy atom.